The van der Waals surface area contributed by atoms with Crippen molar-refractivity contribution < 1.29 is 0 Å². The van der Waals surface area contributed by atoms with E-state index in [2.05, 4.69) is 68.2 Å². The Kier molecular flexibility index (Phi) is 3.94. The van der Waals surface area contributed by atoms with Crippen LogP contribution in [-0.2, 0) is 13.1 Å². The lowest BCUT2D eigenvalue weighted by molar-refractivity contribution is 0.570. The third-order valence-corrected chi connectivity index (χ3v) is 4.05. The predicted molar refractivity (Wildman–Crippen MR) is 95.2 cm³/mol. The number of hydrogen-bond donors (Lipinski definition) is 0. The maximum atomic E-state index is 4.37. The Morgan fingerprint density at radius 1 is 0.792 bits per heavy atom. The van der Waals surface area contributed by atoms with E-state index in [-0.39, 0.29) is 0 Å². The van der Waals surface area contributed by atoms with Gasteiger partial charge in [-0.2, -0.15) is 0 Å². The molecule has 118 valence electrons. The number of hydrogen-bond acceptors (Lipinski definition) is 3. The van der Waals surface area contributed by atoms with Crippen LogP contribution < -0.4 is 5.01 Å². The van der Waals surface area contributed by atoms with Crippen molar-refractivity contribution in [3.63, 3.8) is 0 Å². The molecule has 0 fully saturated rings. The van der Waals surface area contributed by atoms with Crippen molar-refractivity contribution in [3.05, 3.63) is 96.6 Å². The van der Waals surface area contributed by atoms with Gasteiger partial charge in [0.15, 0.2) is 0 Å². The van der Waals surface area contributed by atoms with Crippen molar-refractivity contribution in [2.24, 2.45) is 0 Å². The summed E-state index contributed by atoms with van der Waals surface area (Å²) in [5, 5.41) is 2.28. The number of nitrogens with zero attached hydrogens (tertiary/aromatic N) is 4. The lowest BCUT2D eigenvalue weighted by atomic mass is 10.2. The van der Waals surface area contributed by atoms with Gasteiger partial charge in [-0.15, -0.1) is 0 Å². The first kappa shape index (κ1) is 14.5. The topological polar surface area (TPSA) is 34.0 Å². The predicted octanol–water partition coefficient (Wildman–Crippen LogP) is 3.72. The molecule has 2 aliphatic heterocycles. The SMILES string of the molecule is c1ccc(CN(Cc2ccccc2)n2cncc3nccc2-3)cc1. The standard InChI is InChI=1S/C20H18N4/c1-3-7-17(8-4-1)14-23(15-18-9-5-2-6-10-18)24-16-21-13-19-20(24)11-12-22-19/h1-13,16H,14-15H2. The van der Waals surface area contributed by atoms with Gasteiger partial charge < -0.3 is 5.01 Å². The molecule has 0 aromatic heterocycles. The Balaban J connectivity index is 1.71. The summed E-state index contributed by atoms with van der Waals surface area (Å²) in [7, 11) is 0. The maximum absolute atomic E-state index is 4.37. The number of aromatic nitrogens is 3. The highest BCUT2D eigenvalue weighted by Gasteiger charge is 2.14. The van der Waals surface area contributed by atoms with Crippen LogP contribution in [0, 0.1) is 0 Å². The van der Waals surface area contributed by atoms with Crippen LogP contribution in [0.3, 0.4) is 0 Å². The smallest absolute Gasteiger partial charge is 0.115 e. The van der Waals surface area contributed by atoms with Crippen LogP contribution in [0.4, 0.5) is 0 Å². The van der Waals surface area contributed by atoms with Crippen molar-refractivity contribution >= 4 is 0 Å². The summed E-state index contributed by atoms with van der Waals surface area (Å²) in [5.74, 6) is 0. The molecule has 0 spiro atoms. The Morgan fingerprint density at radius 2 is 1.42 bits per heavy atom. The van der Waals surface area contributed by atoms with Gasteiger partial charge in [0.25, 0.3) is 0 Å². The van der Waals surface area contributed by atoms with Crippen molar-refractivity contribution in [1.82, 2.24) is 14.6 Å². The Hall–Kier alpha value is -3.14. The molecule has 0 bridgehead atoms. The molecule has 0 amide bonds. The summed E-state index contributed by atoms with van der Waals surface area (Å²) >= 11 is 0. The largest absolute Gasteiger partial charge is 0.302 e. The van der Waals surface area contributed by atoms with Gasteiger partial charge in [0.05, 0.1) is 25.0 Å². The van der Waals surface area contributed by atoms with E-state index in [1.807, 2.05) is 30.7 Å². The van der Waals surface area contributed by atoms with Gasteiger partial charge in [-0.1, -0.05) is 60.7 Å². The first-order valence-corrected chi connectivity index (χ1v) is 8.00. The highest BCUT2D eigenvalue weighted by Crippen LogP contribution is 2.20. The van der Waals surface area contributed by atoms with E-state index in [9.17, 15) is 0 Å². The molecule has 4 nitrogen and oxygen atoms in total. The molecular weight excluding hydrogens is 296 g/mol. The van der Waals surface area contributed by atoms with E-state index in [1.54, 1.807) is 6.20 Å². The molecule has 2 aromatic rings. The molecule has 0 radical (unpaired) electrons. The molecule has 2 heterocycles. The summed E-state index contributed by atoms with van der Waals surface area (Å²) in [6.07, 6.45) is 5.48. The summed E-state index contributed by atoms with van der Waals surface area (Å²) in [6.45, 7) is 1.60. The molecule has 0 aliphatic carbocycles. The molecular formula is C20H18N4. The fourth-order valence-corrected chi connectivity index (χ4v) is 2.88. The normalized spacial score (nSPS) is 10.8. The van der Waals surface area contributed by atoms with E-state index in [0.717, 1.165) is 24.5 Å². The van der Waals surface area contributed by atoms with E-state index in [1.165, 1.54) is 11.1 Å². The summed E-state index contributed by atoms with van der Waals surface area (Å²) in [5.41, 5.74) is 4.50. The maximum Gasteiger partial charge on any atom is 0.115 e. The second-order valence-corrected chi connectivity index (χ2v) is 5.75. The van der Waals surface area contributed by atoms with Crippen LogP contribution in [0.1, 0.15) is 11.1 Å². The zero-order valence-corrected chi connectivity index (χ0v) is 13.3. The van der Waals surface area contributed by atoms with Crippen LogP contribution in [0.25, 0.3) is 11.4 Å². The van der Waals surface area contributed by atoms with Crippen LogP contribution in [0.15, 0.2) is 85.5 Å². The van der Waals surface area contributed by atoms with Crippen LogP contribution >= 0.6 is 0 Å². The molecule has 0 N–H and O–H groups in total. The second kappa shape index (κ2) is 6.54. The minimum atomic E-state index is 0.798. The lowest BCUT2D eigenvalue weighted by Crippen LogP contribution is -2.34. The minimum Gasteiger partial charge on any atom is -0.302 e. The summed E-state index contributed by atoms with van der Waals surface area (Å²) in [4.78, 5) is 8.71. The van der Waals surface area contributed by atoms with Gasteiger partial charge in [-0.3, -0.25) is 4.98 Å². The van der Waals surface area contributed by atoms with Crippen LogP contribution in [0.2, 0.25) is 0 Å². The minimum absolute atomic E-state index is 0.798. The number of fused-ring (bicyclic) bond motifs is 1. The molecule has 0 saturated carbocycles. The Labute approximate surface area is 141 Å². The van der Waals surface area contributed by atoms with Gasteiger partial charge in [-0.05, 0) is 17.2 Å². The monoisotopic (exact) mass is 314 g/mol. The van der Waals surface area contributed by atoms with Gasteiger partial charge in [0, 0.05) is 6.20 Å². The van der Waals surface area contributed by atoms with Crippen LogP contribution in [0.5, 0.6) is 0 Å². The molecule has 4 heteroatoms. The third kappa shape index (κ3) is 2.99. The van der Waals surface area contributed by atoms with Crippen LogP contribution in [-0.4, -0.2) is 14.6 Å². The Morgan fingerprint density at radius 3 is 2.04 bits per heavy atom. The summed E-state index contributed by atoms with van der Waals surface area (Å²) < 4.78 is 2.10. The van der Waals surface area contributed by atoms with Crippen molar-refractivity contribution in [2.45, 2.75) is 13.1 Å². The van der Waals surface area contributed by atoms with E-state index in [0.29, 0.717) is 0 Å². The number of benzene rings is 2. The van der Waals surface area contributed by atoms with Gasteiger partial charge in [-0.25, -0.2) is 9.66 Å². The van der Waals surface area contributed by atoms with Crippen molar-refractivity contribution in [1.29, 1.82) is 0 Å². The van der Waals surface area contributed by atoms with Crippen molar-refractivity contribution in [3.8, 4) is 11.4 Å². The average Bonchev–Trinajstić information content (AvgIpc) is 3.12. The fraction of sp³-hybridized carbons (Fsp3) is 0.100. The highest BCUT2D eigenvalue weighted by atomic mass is 15.6. The molecule has 24 heavy (non-hydrogen) atoms. The van der Waals surface area contributed by atoms with E-state index < -0.39 is 0 Å². The highest BCUT2D eigenvalue weighted by molar-refractivity contribution is 5.55. The Bertz CT molecular complexity index is 829. The van der Waals surface area contributed by atoms with Gasteiger partial charge in [0.1, 0.15) is 12.0 Å². The molecule has 2 aromatic carbocycles. The molecule has 4 rings (SSSR count). The zero-order valence-electron chi connectivity index (χ0n) is 13.3. The van der Waals surface area contributed by atoms with Gasteiger partial charge >= 0.3 is 0 Å². The first-order chi connectivity index (χ1) is 11.9. The summed E-state index contributed by atoms with van der Waals surface area (Å²) in [6, 6.07) is 23.0. The van der Waals surface area contributed by atoms with Crippen molar-refractivity contribution in [2.75, 3.05) is 5.01 Å². The second-order valence-electron chi connectivity index (χ2n) is 5.75. The molecule has 0 atom stereocenters. The average molecular weight is 314 g/mol. The van der Waals surface area contributed by atoms with Gasteiger partial charge in [0.2, 0.25) is 0 Å². The zero-order chi connectivity index (χ0) is 16.2. The lowest BCUT2D eigenvalue weighted by Gasteiger charge is -2.29. The fourth-order valence-electron chi connectivity index (χ4n) is 2.88. The first-order valence-electron chi connectivity index (χ1n) is 8.00. The third-order valence-electron chi connectivity index (χ3n) is 4.05. The molecule has 0 saturated heterocycles. The number of rotatable bonds is 5. The molecule has 2 aliphatic rings. The van der Waals surface area contributed by atoms with E-state index >= 15 is 0 Å². The quantitative estimate of drug-likeness (QED) is 0.563. The van der Waals surface area contributed by atoms with E-state index in [4.69, 9.17) is 0 Å². The molecule has 0 unspecified atom stereocenters.